The number of nitrogens with two attached hydrogens (primary N) is 1. The van der Waals surface area contributed by atoms with E-state index in [0.29, 0.717) is 18.6 Å². The van der Waals surface area contributed by atoms with Crippen molar-refractivity contribution in [1.29, 1.82) is 0 Å². The molecule has 7 nitrogen and oxygen atoms in total. The lowest BCUT2D eigenvalue weighted by molar-refractivity contribution is 0.178. The molecule has 0 spiro atoms. The molecule has 156 valence electrons. The fourth-order valence-electron chi connectivity index (χ4n) is 2.71. The average Bonchev–Trinajstić information content (AvgIpc) is 2.55. The zero-order valence-electron chi connectivity index (χ0n) is 16.9. The molecule has 1 aromatic rings. The summed E-state index contributed by atoms with van der Waals surface area (Å²) in [5.74, 6) is 0.746. The molecule has 0 radical (unpaired) electrons. The minimum Gasteiger partial charge on any atom is -0.357 e. The molecule has 1 rings (SSSR count). The van der Waals surface area contributed by atoms with Crippen LogP contribution in [0, 0.1) is 0 Å². The van der Waals surface area contributed by atoms with Crippen LogP contribution in [0.3, 0.4) is 0 Å². The quantitative estimate of drug-likeness (QED) is 0.268. The van der Waals surface area contributed by atoms with Crippen molar-refractivity contribution < 1.29 is 8.42 Å². The summed E-state index contributed by atoms with van der Waals surface area (Å²) in [4.78, 5) is 7.09. The van der Waals surface area contributed by atoms with Gasteiger partial charge in [-0.25, -0.2) is 18.5 Å². The second-order valence-corrected chi connectivity index (χ2v) is 8.30. The van der Waals surface area contributed by atoms with Crippen LogP contribution < -0.4 is 15.8 Å². The molecular formula is C18H34IN5O2S. The van der Waals surface area contributed by atoms with Crippen LogP contribution >= 0.6 is 24.0 Å². The summed E-state index contributed by atoms with van der Waals surface area (Å²) in [6, 6.07) is 7.45. The Balaban J connectivity index is 0.00000676. The van der Waals surface area contributed by atoms with Crippen LogP contribution in [0.4, 0.5) is 0 Å². The predicted molar refractivity (Wildman–Crippen MR) is 123 cm³/mol. The zero-order chi connectivity index (χ0) is 19.7. The number of sulfonamides is 1. The van der Waals surface area contributed by atoms with Gasteiger partial charge in [0.25, 0.3) is 0 Å². The van der Waals surface area contributed by atoms with E-state index in [-0.39, 0.29) is 28.9 Å². The van der Waals surface area contributed by atoms with E-state index in [4.69, 9.17) is 5.14 Å². The highest BCUT2D eigenvalue weighted by Gasteiger charge is 2.12. The minimum atomic E-state index is -3.66. The van der Waals surface area contributed by atoms with Crippen molar-refractivity contribution in [1.82, 2.24) is 15.5 Å². The van der Waals surface area contributed by atoms with Gasteiger partial charge in [0.05, 0.1) is 11.4 Å². The minimum absolute atomic E-state index is 0. The summed E-state index contributed by atoms with van der Waals surface area (Å²) in [6.45, 7) is 13.8. The molecule has 9 heteroatoms. The summed E-state index contributed by atoms with van der Waals surface area (Å²) in [5, 5.41) is 11.7. The molecule has 0 aliphatic heterocycles. The van der Waals surface area contributed by atoms with E-state index in [1.54, 1.807) is 12.1 Å². The van der Waals surface area contributed by atoms with Crippen molar-refractivity contribution in [2.45, 2.75) is 58.1 Å². The highest BCUT2D eigenvalue weighted by Crippen LogP contribution is 2.09. The number of rotatable bonds is 9. The van der Waals surface area contributed by atoms with Gasteiger partial charge in [0.2, 0.25) is 10.0 Å². The molecule has 0 saturated heterocycles. The SMILES string of the molecule is CCNC(=NCc1ccc(S(N)(=O)=O)cc1)NCCN(C(C)C)C(C)C.I. The Labute approximate surface area is 181 Å². The van der Waals surface area contributed by atoms with Crippen LogP contribution in [0.15, 0.2) is 34.2 Å². The maximum atomic E-state index is 11.3. The van der Waals surface area contributed by atoms with Crippen molar-refractivity contribution in [3.8, 4) is 0 Å². The standard InChI is InChI=1S/C18H33N5O2S.HI/c1-6-20-18(21-11-12-23(14(2)3)15(4)5)22-13-16-7-9-17(10-8-16)26(19,24)25;/h7-10,14-15H,6,11-13H2,1-5H3,(H2,19,24,25)(H2,20,21,22);1H. The molecule has 27 heavy (non-hydrogen) atoms. The van der Waals surface area contributed by atoms with Gasteiger partial charge in [0.1, 0.15) is 0 Å². The maximum Gasteiger partial charge on any atom is 0.238 e. The first-order chi connectivity index (χ1) is 12.1. The summed E-state index contributed by atoms with van der Waals surface area (Å²) in [5.41, 5.74) is 0.917. The number of hydrogen-bond donors (Lipinski definition) is 3. The van der Waals surface area contributed by atoms with Crippen molar-refractivity contribution in [2.24, 2.45) is 10.1 Å². The number of hydrogen-bond acceptors (Lipinski definition) is 4. The molecule has 0 aliphatic carbocycles. The number of aliphatic imine (C=N–C) groups is 1. The lowest BCUT2D eigenvalue weighted by atomic mass is 10.2. The molecule has 4 N–H and O–H groups in total. The first kappa shape index (κ1) is 26.1. The van der Waals surface area contributed by atoms with Crippen molar-refractivity contribution in [2.75, 3.05) is 19.6 Å². The largest absolute Gasteiger partial charge is 0.357 e. The number of benzene rings is 1. The Morgan fingerprint density at radius 1 is 1.11 bits per heavy atom. The zero-order valence-corrected chi connectivity index (χ0v) is 20.0. The molecule has 0 bridgehead atoms. The van der Waals surface area contributed by atoms with E-state index < -0.39 is 10.0 Å². The van der Waals surface area contributed by atoms with Gasteiger partial charge >= 0.3 is 0 Å². The van der Waals surface area contributed by atoms with E-state index in [1.807, 2.05) is 6.92 Å². The van der Waals surface area contributed by atoms with Gasteiger partial charge in [0, 0.05) is 31.7 Å². The van der Waals surface area contributed by atoms with Crippen LogP contribution in [0.1, 0.15) is 40.2 Å². The first-order valence-electron chi connectivity index (χ1n) is 9.04. The topological polar surface area (TPSA) is 99.8 Å². The van der Waals surface area contributed by atoms with E-state index in [9.17, 15) is 8.42 Å². The highest BCUT2D eigenvalue weighted by atomic mass is 127. The Morgan fingerprint density at radius 2 is 1.67 bits per heavy atom. The Morgan fingerprint density at radius 3 is 2.11 bits per heavy atom. The van der Waals surface area contributed by atoms with Gasteiger partial charge in [-0.15, -0.1) is 24.0 Å². The van der Waals surface area contributed by atoms with Gasteiger partial charge in [-0.2, -0.15) is 0 Å². The number of guanidine groups is 1. The Hall–Kier alpha value is -0.910. The summed E-state index contributed by atoms with van der Waals surface area (Å²) in [7, 11) is -3.66. The second kappa shape index (κ2) is 12.5. The Kier molecular flexibility index (Phi) is 12.1. The molecule has 0 saturated carbocycles. The monoisotopic (exact) mass is 511 g/mol. The smallest absolute Gasteiger partial charge is 0.238 e. The third kappa shape index (κ3) is 9.72. The summed E-state index contributed by atoms with van der Waals surface area (Å²) >= 11 is 0. The van der Waals surface area contributed by atoms with Crippen LogP contribution in [0.5, 0.6) is 0 Å². The second-order valence-electron chi connectivity index (χ2n) is 6.74. The van der Waals surface area contributed by atoms with Gasteiger partial charge in [-0.05, 0) is 52.3 Å². The predicted octanol–water partition coefficient (Wildman–Crippen LogP) is 2.13. The lowest BCUT2D eigenvalue weighted by Crippen LogP contribution is -2.45. The molecule has 0 amide bonds. The fourth-order valence-corrected chi connectivity index (χ4v) is 3.23. The van der Waals surface area contributed by atoms with Gasteiger partial charge in [-0.1, -0.05) is 12.1 Å². The molecule has 0 atom stereocenters. The molecule has 0 heterocycles. The van der Waals surface area contributed by atoms with Gasteiger partial charge in [0.15, 0.2) is 5.96 Å². The van der Waals surface area contributed by atoms with Crippen molar-refractivity contribution in [3.63, 3.8) is 0 Å². The maximum absolute atomic E-state index is 11.3. The van der Waals surface area contributed by atoms with Crippen molar-refractivity contribution >= 4 is 40.0 Å². The first-order valence-corrected chi connectivity index (χ1v) is 10.6. The van der Waals surface area contributed by atoms with Crippen molar-refractivity contribution in [3.05, 3.63) is 29.8 Å². The van der Waals surface area contributed by atoms with E-state index in [1.165, 1.54) is 12.1 Å². The molecular weight excluding hydrogens is 477 g/mol. The molecule has 0 aromatic heterocycles. The van der Waals surface area contributed by atoms with Crippen LogP contribution in [0.2, 0.25) is 0 Å². The normalized spacial score (nSPS) is 12.4. The number of nitrogens with zero attached hydrogens (tertiary/aromatic N) is 2. The lowest BCUT2D eigenvalue weighted by Gasteiger charge is -2.30. The summed E-state index contributed by atoms with van der Waals surface area (Å²) < 4.78 is 22.6. The van der Waals surface area contributed by atoms with Crippen LogP contribution in [-0.2, 0) is 16.6 Å². The molecule has 0 fully saturated rings. The van der Waals surface area contributed by atoms with E-state index >= 15 is 0 Å². The van der Waals surface area contributed by atoms with Gasteiger partial charge < -0.3 is 10.6 Å². The van der Waals surface area contributed by atoms with E-state index in [0.717, 1.165) is 31.2 Å². The fraction of sp³-hybridized carbons (Fsp3) is 0.611. The third-order valence-corrected chi connectivity index (χ3v) is 4.93. The molecule has 0 unspecified atom stereocenters. The van der Waals surface area contributed by atoms with Crippen LogP contribution in [-0.4, -0.2) is 51.0 Å². The number of halogens is 1. The molecule has 1 aromatic carbocycles. The highest BCUT2D eigenvalue weighted by molar-refractivity contribution is 14.0. The summed E-state index contributed by atoms with van der Waals surface area (Å²) in [6.07, 6.45) is 0. The number of primary sulfonamides is 1. The number of nitrogens with one attached hydrogen (secondary N) is 2. The Bertz CT molecular complexity index is 667. The molecule has 0 aliphatic rings. The van der Waals surface area contributed by atoms with Gasteiger partial charge in [-0.3, -0.25) is 4.90 Å². The average molecular weight is 511 g/mol. The van der Waals surface area contributed by atoms with Crippen LogP contribution in [0.25, 0.3) is 0 Å². The third-order valence-electron chi connectivity index (χ3n) is 4.00. The van der Waals surface area contributed by atoms with E-state index in [2.05, 4.69) is 48.2 Å².